The van der Waals surface area contributed by atoms with E-state index in [1.54, 1.807) is 0 Å². The van der Waals surface area contributed by atoms with E-state index in [9.17, 15) is 0 Å². The summed E-state index contributed by atoms with van der Waals surface area (Å²) < 4.78 is 1.32. The molecular formula is C14H19IN2. The van der Waals surface area contributed by atoms with Gasteiger partial charge in [-0.25, -0.2) is 0 Å². The molecule has 1 heterocycles. The molecule has 0 bridgehead atoms. The lowest BCUT2D eigenvalue weighted by Gasteiger charge is -2.36. The molecule has 0 spiro atoms. The van der Waals surface area contributed by atoms with Crippen molar-refractivity contribution in [2.24, 2.45) is 5.92 Å². The summed E-state index contributed by atoms with van der Waals surface area (Å²) in [5.74, 6) is 1.03. The zero-order valence-corrected chi connectivity index (χ0v) is 12.3. The first-order valence-corrected chi connectivity index (χ1v) is 7.62. The zero-order chi connectivity index (χ0) is 11.7. The molecule has 0 radical (unpaired) electrons. The molecule has 0 amide bonds. The summed E-state index contributed by atoms with van der Waals surface area (Å²) in [6.45, 7) is 6.20. The van der Waals surface area contributed by atoms with Gasteiger partial charge in [0.15, 0.2) is 0 Å². The predicted octanol–water partition coefficient (Wildman–Crippen LogP) is 2.82. The summed E-state index contributed by atoms with van der Waals surface area (Å²) >= 11 is 2.36. The molecule has 1 aliphatic heterocycles. The number of benzene rings is 1. The minimum absolute atomic E-state index is 1.03. The maximum absolute atomic E-state index is 2.64. The number of hydrogen-bond acceptors (Lipinski definition) is 2. The van der Waals surface area contributed by atoms with E-state index in [0.29, 0.717) is 0 Å². The van der Waals surface area contributed by atoms with Crippen molar-refractivity contribution in [3.05, 3.63) is 27.8 Å². The highest BCUT2D eigenvalue weighted by Crippen LogP contribution is 2.30. The summed E-state index contributed by atoms with van der Waals surface area (Å²) in [6.07, 6.45) is 2.94. The Kier molecular flexibility index (Phi) is 3.56. The minimum atomic E-state index is 1.03. The molecule has 0 atom stereocenters. The normalized spacial score (nSPS) is 21.8. The Hall–Kier alpha value is -0.290. The molecule has 3 heteroatoms. The van der Waals surface area contributed by atoms with Gasteiger partial charge in [-0.3, -0.25) is 4.90 Å². The Labute approximate surface area is 117 Å². The Morgan fingerprint density at radius 2 is 1.65 bits per heavy atom. The van der Waals surface area contributed by atoms with Crippen molar-refractivity contribution in [1.29, 1.82) is 0 Å². The molecule has 3 rings (SSSR count). The number of piperazine rings is 1. The van der Waals surface area contributed by atoms with Gasteiger partial charge in [0.2, 0.25) is 0 Å². The van der Waals surface area contributed by atoms with Gasteiger partial charge >= 0.3 is 0 Å². The van der Waals surface area contributed by atoms with Gasteiger partial charge in [-0.15, -0.1) is 0 Å². The molecule has 2 nitrogen and oxygen atoms in total. The third-order valence-electron chi connectivity index (χ3n) is 3.78. The van der Waals surface area contributed by atoms with E-state index >= 15 is 0 Å². The number of hydrogen-bond donors (Lipinski definition) is 0. The molecule has 1 aromatic rings. The molecule has 2 aliphatic rings. The van der Waals surface area contributed by atoms with Crippen LogP contribution in [0.4, 0.5) is 5.69 Å². The van der Waals surface area contributed by atoms with E-state index in [2.05, 4.69) is 56.7 Å². The van der Waals surface area contributed by atoms with Crippen LogP contribution in [0.25, 0.3) is 0 Å². The summed E-state index contributed by atoms with van der Waals surface area (Å²) in [5, 5.41) is 0. The molecule has 92 valence electrons. The van der Waals surface area contributed by atoms with Crippen molar-refractivity contribution in [2.45, 2.75) is 12.8 Å². The van der Waals surface area contributed by atoms with Crippen molar-refractivity contribution >= 4 is 28.3 Å². The average Bonchev–Trinajstić information content (AvgIpc) is 3.15. The summed E-state index contributed by atoms with van der Waals surface area (Å²) in [4.78, 5) is 5.15. The minimum Gasteiger partial charge on any atom is -0.369 e. The SMILES string of the molecule is Ic1ccc(N2CCN(CC3CC3)CC2)cc1. The molecule has 1 saturated heterocycles. The van der Waals surface area contributed by atoms with Crippen molar-refractivity contribution in [3.8, 4) is 0 Å². The lowest BCUT2D eigenvalue weighted by molar-refractivity contribution is 0.248. The Morgan fingerprint density at radius 3 is 2.24 bits per heavy atom. The van der Waals surface area contributed by atoms with E-state index in [0.717, 1.165) is 5.92 Å². The highest BCUT2D eigenvalue weighted by molar-refractivity contribution is 14.1. The standard InChI is InChI=1S/C14H19IN2/c15-13-3-5-14(6-4-13)17-9-7-16(8-10-17)11-12-1-2-12/h3-6,12H,1-2,7-11H2. The molecule has 0 unspecified atom stereocenters. The van der Waals surface area contributed by atoms with Crippen molar-refractivity contribution in [1.82, 2.24) is 4.90 Å². The number of rotatable bonds is 3. The van der Waals surface area contributed by atoms with Gasteiger partial charge in [0, 0.05) is 42.0 Å². The van der Waals surface area contributed by atoms with Crippen LogP contribution in [0.3, 0.4) is 0 Å². The fraction of sp³-hybridized carbons (Fsp3) is 0.571. The monoisotopic (exact) mass is 342 g/mol. The zero-order valence-electron chi connectivity index (χ0n) is 10.1. The van der Waals surface area contributed by atoms with E-state index in [1.807, 2.05) is 0 Å². The molecule has 1 aliphatic carbocycles. The average molecular weight is 342 g/mol. The first kappa shape index (κ1) is 11.8. The third-order valence-corrected chi connectivity index (χ3v) is 4.50. The molecule has 0 aromatic heterocycles. The number of halogens is 1. The molecule has 1 aromatic carbocycles. The lowest BCUT2D eigenvalue weighted by atomic mass is 10.2. The Morgan fingerprint density at radius 1 is 1.00 bits per heavy atom. The van der Waals surface area contributed by atoms with Crippen molar-refractivity contribution in [3.63, 3.8) is 0 Å². The van der Waals surface area contributed by atoms with Gasteiger partial charge in [-0.2, -0.15) is 0 Å². The highest BCUT2D eigenvalue weighted by atomic mass is 127. The smallest absolute Gasteiger partial charge is 0.0367 e. The van der Waals surface area contributed by atoms with Gasteiger partial charge in [-0.1, -0.05) is 0 Å². The van der Waals surface area contributed by atoms with Crippen LogP contribution in [-0.2, 0) is 0 Å². The van der Waals surface area contributed by atoms with E-state index in [-0.39, 0.29) is 0 Å². The van der Waals surface area contributed by atoms with E-state index in [4.69, 9.17) is 0 Å². The van der Waals surface area contributed by atoms with Gasteiger partial charge in [0.25, 0.3) is 0 Å². The topological polar surface area (TPSA) is 6.48 Å². The molecule has 2 fully saturated rings. The maximum atomic E-state index is 2.64. The lowest BCUT2D eigenvalue weighted by Crippen LogP contribution is -2.47. The second-order valence-electron chi connectivity index (χ2n) is 5.21. The predicted molar refractivity (Wildman–Crippen MR) is 80.5 cm³/mol. The molecule has 17 heavy (non-hydrogen) atoms. The summed E-state index contributed by atoms with van der Waals surface area (Å²) in [6, 6.07) is 8.90. The van der Waals surface area contributed by atoms with Crippen LogP contribution in [0.2, 0.25) is 0 Å². The van der Waals surface area contributed by atoms with E-state index < -0.39 is 0 Å². The highest BCUT2D eigenvalue weighted by Gasteiger charge is 2.26. The van der Waals surface area contributed by atoms with Crippen LogP contribution in [-0.4, -0.2) is 37.6 Å². The fourth-order valence-electron chi connectivity index (χ4n) is 2.51. The van der Waals surface area contributed by atoms with Gasteiger partial charge in [0.05, 0.1) is 0 Å². The number of nitrogens with zero attached hydrogens (tertiary/aromatic N) is 2. The molecule has 0 N–H and O–H groups in total. The Bertz CT molecular complexity index is 364. The summed E-state index contributed by atoms with van der Waals surface area (Å²) in [7, 11) is 0. The van der Waals surface area contributed by atoms with Crippen LogP contribution in [0.5, 0.6) is 0 Å². The van der Waals surface area contributed by atoms with Crippen LogP contribution in [0, 0.1) is 9.49 Å². The fourth-order valence-corrected chi connectivity index (χ4v) is 2.87. The van der Waals surface area contributed by atoms with Gasteiger partial charge in [0.1, 0.15) is 0 Å². The first-order chi connectivity index (χ1) is 8.31. The van der Waals surface area contributed by atoms with Gasteiger partial charge in [-0.05, 0) is 65.6 Å². The van der Waals surface area contributed by atoms with Crippen LogP contribution < -0.4 is 4.90 Å². The first-order valence-electron chi connectivity index (χ1n) is 6.54. The molecular weight excluding hydrogens is 323 g/mol. The maximum Gasteiger partial charge on any atom is 0.0367 e. The van der Waals surface area contributed by atoms with E-state index in [1.165, 1.54) is 54.8 Å². The third kappa shape index (κ3) is 3.13. The van der Waals surface area contributed by atoms with Crippen LogP contribution >= 0.6 is 22.6 Å². The second-order valence-corrected chi connectivity index (χ2v) is 6.45. The van der Waals surface area contributed by atoms with Crippen molar-refractivity contribution in [2.75, 3.05) is 37.6 Å². The second kappa shape index (κ2) is 5.14. The quantitative estimate of drug-likeness (QED) is 0.780. The van der Waals surface area contributed by atoms with Gasteiger partial charge < -0.3 is 4.90 Å². The van der Waals surface area contributed by atoms with Crippen LogP contribution in [0.15, 0.2) is 24.3 Å². The molecule has 1 saturated carbocycles. The summed E-state index contributed by atoms with van der Waals surface area (Å²) in [5.41, 5.74) is 1.39. The van der Waals surface area contributed by atoms with Crippen LogP contribution in [0.1, 0.15) is 12.8 Å². The largest absolute Gasteiger partial charge is 0.369 e. The number of anilines is 1. The van der Waals surface area contributed by atoms with Crippen molar-refractivity contribution < 1.29 is 0 Å². The Balaban J connectivity index is 1.54.